The zero-order valence-corrected chi connectivity index (χ0v) is 5.60. The van der Waals surface area contributed by atoms with Crippen LogP contribution in [0.3, 0.4) is 0 Å². The predicted octanol–water partition coefficient (Wildman–Crippen LogP) is 1.27. The minimum absolute atomic E-state index is 0.433. The highest BCUT2D eigenvalue weighted by Crippen LogP contribution is 1.96. The molecule has 1 atom stereocenters. The number of hydrogen-bond acceptors (Lipinski definition) is 2. The molecule has 1 unspecified atom stereocenters. The van der Waals surface area contributed by atoms with Gasteiger partial charge in [-0.3, -0.25) is 0 Å². The summed E-state index contributed by atoms with van der Waals surface area (Å²) in [5, 5.41) is 7.61. The van der Waals surface area contributed by atoms with Crippen LogP contribution in [-0.4, -0.2) is 11.6 Å². The third-order valence-electron chi connectivity index (χ3n) is 0.414. The van der Waals surface area contributed by atoms with E-state index >= 15 is 0 Å². The van der Waals surface area contributed by atoms with E-state index in [0.29, 0.717) is 6.61 Å². The summed E-state index contributed by atoms with van der Waals surface area (Å²) in [6.07, 6.45) is 0. The summed E-state index contributed by atoms with van der Waals surface area (Å²) in [6.45, 7) is 2.41. The molecule has 0 rings (SSSR count). The number of halogens is 1. The average molecular weight is 164 g/mol. The van der Waals surface area contributed by atoms with Crippen LogP contribution >= 0.6 is 15.9 Å². The standard InChI is InChI=1S/C4H6BrNO/c1-2-7-4(5)3-6/h4H,2H2,1H3. The lowest BCUT2D eigenvalue weighted by atomic mass is 10.8. The molecule has 0 aliphatic rings. The molecule has 0 saturated carbocycles. The number of hydrogen-bond donors (Lipinski definition) is 0. The van der Waals surface area contributed by atoms with Gasteiger partial charge < -0.3 is 4.74 Å². The van der Waals surface area contributed by atoms with Crippen molar-refractivity contribution < 1.29 is 4.74 Å². The Kier molecular flexibility index (Phi) is 4.06. The van der Waals surface area contributed by atoms with E-state index in [1.165, 1.54) is 0 Å². The van der Waals surface area contributed by atoms with Crippen molar-refractivity contribution in [3.63, 3.8) is 0 Å². The Labute approximate surface area is 51.2 Å². The van der Waals surface area contributed by atoms with Crippen LogP contribution in [0.1, 0.15) is 6.92 Å². The highest BCUT2D eigenvalue weighted by molar-refractivity contribution is 9.09. The van der Waals surface area contributed by atoms with E-state index < -0.39 is 5.01 Å². The van der Waals surface area contributed by atoms with Gasteiger partial charge in [0.25, 0.3) is 0 Å². The smallest absolute Gasteiger partial charge is 0.198 e. The fourth-order valence-corrected chi connectivity index (χ4v) is 0.448. The lowest BCUT2D eigenvalue weighted by Crippen LogP contribution is -1.98. The van der Waals surface area contributed by atoms with Crippen LogP contribution in [0.4, 0.5) is 0 Å². The van der Waals surface area contributed by atoms with Crippen molar-refractivity contribution in [1.29, 1.82) is 5.26 Å². The zero-order chi connectivity index (χ0) is 5.70. The molecule has 0 aromatic heterocycles. The molecule has 0 aliphatic carbocycles. The van der Waals surface area contributed by atoms with Crippen LogP contribution in [0.15, 0.2) is 0 Å². The van der Waals surface area contributed by atoms with Crippen molar-refractivity contribution >= 4 is 15.9 Å². The Hall–Kier alpha value is -0.0700. The molecule has 40 valence electrons. The molecule has 0 N–H and O–H groups in total. The highest BCUT2D eigenvalue weighted by atomic mass is 79.9. The van der Waals surface area contributed by atoms with Gasteiger partial charge in [0.2, 0.25) is 0 Å². The second-order valence-electron chi connectivity index (χ2n) is 0.900. The lowest BCUT2D eigenvalue weighted by molar-refractivity contribution is 0.163. The molecular formula is C4H6BrNO. The maximum atomic E-state index is 8.04. The van der Waals surface area contributed by atoms with E-state index in [4.69, 9.17) is 10.00 Å². The van der Waals surface area contributed by atoms with Crippen molar-refractivity contribution in [2.45, 2.75) is 11.9 Å². The van der Waals surface area contributed by atoms with Gasteiger partial charge in [-0.25, -0.2) is 0 Å². The topological polar surface area (TPSA) is 33.0 Å². The van der Waals surface area contributed by atoms with Gasteiger partial charge in [-0.15, -0.1) is 0 Å². The first-order chi connectivity index (χ1) is 3.31. The lowest BCUT2D eigenvalue weighted by Gasteiger charge is -1.95. The summed E-state index contributed by atoms with van der Waals surface area (Å²) >= 11 is 2.95. The van der Waals surface area contributed by atoms with Gasteiger partial charge in [0.1, 0.15) is 6.07 Å². The maximum absolute atomic E-state index is 8.04. The van der Waals surface area contributed by atoms with E-state index in [1.54, 1.807) is 0 Å². The van der Waals surface area contributed by atoms with Crippen LogP contribution < -0.4 is 0 Å². The van der Waals surface area contributed by atoms with Crippen LogP contribution in [0, 0.1) is 11.3 Å². The molecule has 0 fully saturated rings. The Morgan fingerprint density at radius 3 is 2.71 bits per heavy atom. The second-order valence-corrected chi connectivity index (χ2v) is 1.73. The van der Waals surface area contributed by atoms with Gasteiger partial charge >= 0.3 is 0 Å². The fraction of sp³-hybridized carbons (Fsp3) is 0.750. The van der Waals surface area contributed by atoms with Gasteiger partial charge in [-0.1, -0.05) is 0 Å². The molecule has 3 heteroatoms. The summed E-state index contributed by atoms with van der Waals surface area (Å²) in [6, 6.07) is 1.86. The molecule has 0 aliphatic heterocycles. The van der Waals surface area contributed by atoms with Crippen LogP contribution in [0.2, 0.25) is 0 Å². The summed E-state index contributed by atoms with van der Waals surface area (Å²) in [5.41, 5.74) is 0. The number of nitrogens with zero attached hydrogens (tertiary/aromatic N) is 1. The molecule has 0 heterocycles. The molecule has 0 aromatic carbocycles. The Balaban J connectivity index is 3.04. The monoisotopic (exact) mass is 163 g/mol. The van der Waals surface area contributed by atoms with Gasteiger partial charge in [-0.05, 0) is 22.9 Å². The van der Waals surface area contributed by atoms with Crippen molar-refractivity contribution in [2.24, 2.45) is 0 Å². The van der Waals surface area contributed by atoms with Crippen LogP contribution in [0.5, 0.6) is 0 Å². The predicted molar refractivity (Wildman–Crippen MR) is 30.0 cm³/mol. The molecule has 0 amide bonds. The second kappa shape index (κ2) is 4.10. The largest absolute Gasteiger partial charge is 0.353 e. The molecule has 2 nitrogen and oxygen atoms in total. The Morgan fingerprint density at radius 1 is 2.00 bits per heavy atom. The molecule has 0 saturated heterocycles. The Bertz CT molecular complexity index is 78.2. The van der Waals surface area contributed by atoms with Gasteiger partial charge in [-0.2, -0.15) is 5.26 Å². The van der Waals surface area contributed by atoms with Gasteiger partial charge in [0, 0.05) is 6.61 Å². The van der Waals surface area contributed by atoms with E-state index in [0.717, 1.165) is 0 Å². The van der Waals surface area contributed by atoms with E-state index in [9.17, 15) is 0 Å². The molecular weight excluding hydrogens is 158 g/mol. The minimum Gasteiger partial charge on any atom is -0.353 e. The third kappa shape index (κ3) is 3.77. The molecule has 0 spiro atoms. The SMILES string of the molecule is CCOC(Br)C#N. The fourth-order valence-electron chi connectivity index (χ4n) is 0.184. The van der Waals surface area contributed by atoms with Crippen molar-refractivity contribution in [2.75, 3.05) is 6.61 Å². The van der Waals surface area contributed by atoms with Gasteiger partial charge in [0.05, 0.1) is 0 Å². The number of ether oxygens (including phenoxy) is 1. The van der Waals surface area contributed by atoms with Crippen molar-refractivity contribution in [3.05, 3.63) is 0 Å². The van der Waals surface area contributed by atoms with Crippen molar-refractivity contribution in [3.8, 4) is 6.07 Å². The molecule has 7 heavy (non-hydrogen) atoms. The Morgan fingerprint density at radius 2 is 2.57 bits per heavy atom. The number of alkyl halides is 1. The zero-order valence-electron chi connectivity index (χ0n) is 4.02. The summed E-state index contributed by atoms with van der Waals surface area (Å²) in [4.78, 5) is 0. The number of nitriles is 1. The minimum atomic E-state index is -0.433. The first-order valence-corrected chi connectivity index (χ1v) is 2.88. The first-order valence-electron chi connectivity index (χ1n) is 1.96. The highest BCUT2D eigenvalue weighted by Gasteiger charge is 1.94. The summed E-state index contributed by atoms with van der Waals surface area (Å²) in [7, 11) is 0. The number of rotatable bonds is 2. The van der Waals surface area contributed by atoms with E-state index in [1.807, 2.05) is 13.0 Å². The quantitative estimate of drug-likeness (QED) is 0.575. The maximum Gasteiger partial charge on any atom is 0.198 e. The van der Waals surface area contributed by atoms with E-state index in [2.05, 4.69) is 15.9 Å². The van der Waals surface area contributed by atoms with Gasteiger partial charge in [0.15, 0.2) is 5.01 Å². The summed E-state index contributed by atoms with van der Waals surface area (Å²) in [5.74, 6) is 0. The molecule has 0 aromatic rings. The normalized spacial score (nSPS) is 12.7. The van der Waals surface area contributed by atoms with Crippen LogP contribution in [-0.2, 0) is 4.74 Å². The van der Waals surface area contributed by atoms with Crippen molar-refractivity contribution in [1.82, 2.24) is 0 Å². The third-order valence-corrected chi connectivity index (χ3v) is 0.884. The van der Waals surface area contributed by atoms with Crippen LogP contribution in [0.25, 0.3) is 0 Å². The van der Waals surface area contributed by atoms with E-state index in [-0.39, 0.29) is 0 Å². The molecule has 0 bridgehead atoms. The first kappa shape index (κ1) is 6.93. The molecule has 0 radical (unpaired) electrons. The average Bonchev–Trinajstić information content (AvgIpc) is 1.68. The summed E-state index contributed by atoms with van der Waals surface area (Å²) < 4.78 is 4.75.